The molecule has 0 bridgehead atoms. The van der Waals surface area contributed by atoms with Crippen molar-refractivity contribution in [3.8, 4) is 0 Å². The molecule has 3 N–H and O–H groups in total. The van der Waals surface area contributed by atoms with Gasteiger partial charge < -0.3 is 11.1 Å². The number of amides is 1. The zero-order valence-electron chi connectivity index (χ0n) is 11.3. The van der Waals surface area contributed by atoms with Gasteiger partial charge in [-0.1, -0.05) is 44.3 Å². The molecular weight excluding hydrogens is 276 g/mol. The molecule has 0 aliphatic carbocycles. The zero-order valence-corrected chi connectivity index (χ0v) is 12.9. The fourth-order valence-electron chi connectivity index (χ4n) is 1.44. The van der Waals surface area contributed by atoms with Crippen LogP contribution in [-0.4, -0.2) is 23.2 Å². The van der Waals surface area contributed by atoms with Crippen molar-refractivity contribution in [2.24, 2.45) is 11.7 Å². The molecular formula is C14H20N2OS2. The molecule has 0 fully saturated rings. The lowest BCUT2D eigenvalue weighted by molar-refractivity contribution is -0.118. The lowest BCUT2D eigenvalue weighted by Crippen LogP contribution is -2.28. The molecule has 0 saturated carbocycles. The van der Waals surface area contributed by atoms with Crippen LogP contribution >= 0.6 is 24.0 Å². The van der Waals surface area contributed by atoms with Gasteiger partial charge in [0.2, 0.25) is 5.91 Å². The van der Waals surface area contributed by atoms with Gasteiger partial charge in [-0.15, -0.1) is 11.8 Å². The fourth-order valence-corrected chi connectivity index (χ4v) is 2.38. The molecule has 1 aromatic rings. The van der Waals surface area contributed by atoms with E-state index in [4.69, 9.17) is 18.0 Å². The number of nitrogens with two attached hydrogens (primary N) is 1. The van der Waals surface area contributed by atoms with Crippen LogP contribution in [-0.2, 0) is 10.5 Å². The second-order valence-electron chi connectivity index (χ2n) is 4.76. The number of nitrogens with one attached hydrogen (secondary N) is 1. The first-order valence-electron chi connectivity index (χ1n) is 6.22. The number of carbonyl (C=O) groups is 1. The molecule has 0 unspecified atom stereocenters. The van der Waals surface area contributed by atoms with Crippen LogP contribution in [0.3, 0.4) is 0 Å². The summed E-state index contributed by atoms with van der Waals surface area (Å²) in [4.78, 5) is 11.9. The average molecular weight is 296 g/mol. The van der Waals surface area contributed by atoms with Gasteiger partial charge >= 0.3 is 0 Å². The normalized spacial score (nSPS) is 10.5. The molecule has 3 nitrogen and oxygen atoms in total. The van der Waals surface area contributed by atoms with Crippen LogP contribution in [0, 0.1) is 5.92 Å². The number of rotatable bonds is 7. The van der Waals surface area contributed by atoms with Crippen LogP contribution in [0.1, 0.15) is 25.0 Å². The summed E-state index contributed by atoms with van der Waals surface area (Å²) in [5.41, 5.74) is 7.59. The van der Waals surface area contributed by atoms with Crippen molar-refractivity contribution in [2.45, 2.75) is 19.6 Å². The van der Waals surface area contributed by atoms with Crippen molar-refractivity contribution in [1.82, 2.24) is 5.32 Å². The molecule has 19 heavy (non-hydrogen) atoms. The van der Waals surface area contributed by atoms with E-state index >= 15 is 0 Å². The third kappa shape index (κ3) is 6.59. The quantitative estimate of drug-likeness (QED) is 0.758. The van der Waals surface area contributed by atoms with E-state index in [0.717, 1.165) is 23.4 Å². The Balaban J connectivity index is 2.35. The van der Waals surface area contributed by atoms with Gasteiger partial charge in [-0.3, -0.25) is 4.79 Å². The molecule has 0 radical (unpaired) electrons. The van der Waals surface area contributed by atoms with E-state index in [2.05, 4.69) is 19.2 Å². The zero-order chi connectivity index (χ0) is 14.3. The minimum absolute atomic E-state index is 0.0872. The summed E-state index contributed by atoms with van der Waals surface area (Å²) in [7, 11) is 0. The van der Waals surface area contributed by atoms with E-state index in [1.807, 2.05) is 24.3 Å². The molecule has 0 aliphatic rings. The lowest BCUT2D eigenvalue weighted by Gasteiger charge is -2.07. The summed E-state index contributed by atoms with van der Waals surface area (Å²) in [5.74, 6) is 1.83. The van der Waals surface area contributed by atoms with Crippen molar-refractivity contribution < 1.29 is 4.79 Å². The van der Waals surface area contributed by atoms with E-state index in [0.29, 0.717) is 16.7 Å². The molecule has 104 valence electrons. The van der Waals surface area contributed by atoms with Crippen molar-refractivity contribution in [3.05, 3.63) is 35.4 Å². The first-order chi connectivity index (χ1) is 8.99. The maximum Gasteiger partial charge on any atom is 0.230 e. The van der Waals surface area contributed by atoms with Gasteiger partial charge in [0.25, 0.3) is 0 Å². The largest absolute Gasteiger partial charge is 0.389 e. The van der Waals surface area contributed by atoms with Crippen molar-refractivity contribution in [1.29, 1.82) is 0 Å². The van der Waals surface area contributed by atoms with E-state index in [1.165, 1.54) is 0 Å². The highest BCUT2D eigenvalue weighted by Gasteiger charge is 2.03. The van der Waals surface area contributed by atoms with Gasteiger partial charge in [0, 0.05) is 17.9 Å². The standard InChI is InChI=1S/C14H20N2OS2/c1-10(2)7-16-13(17)9-19-8-11-4-3-5-12(6-11)14(15)18/h3-6,10H,7-9H2,1-2H3,(H2,15,18)(H,16,17). The van der Waals surface area contributed by atoms with Crippen molar-refractivity contribution in [2.75, 3.05) is 12.3 Å². The predicted octanol–water partition coefficient (Wildman–Crippen LogP) is 2.33. The molecule has 0 atom stereocenters. The Morgan fingerprint density at radius 2 is 2.21 bits per heavy atom. The van der Waals surface area contributed by atoms with Crippen LogP contribution in [0.2, 0.25) is 0 Å². The second-order valence-corrected chi connectivity index (χ2v) is 6.18. The van der Waals surface area contributed by atoms with Crippen molar-refractivity contribution in [3.63, 3.8) is 0 Å². The van der Waals surface area contributed by atoms with Gasteiger partial charge in [-0.05, 0) is 17.5 Å². The Labute approximate surface area is 124 Å². The number of hydrogen-bond acceptors (Lipinski definition) is 3. The third-order valence-corrected chi connectivity index (χ3v) is 3.66. The molecule has 0 heterocycles. The Morgan fingerprint density at radius 1 is 1.47 bits per heavy atom. The number of thiocarbonyl (C=S) groups is 1. The number of thioether (sulfide) groups is 1. The molecule has 0 saturated heterocycles. The maximum atomic E-state index is 11.5. The summed E-state index contributed by atoms with van der Waals surface area (Å²) in [6, 6.07) is 7.82. The highest BCUT2D eigenvalue weighted by Crippen LogP contribution is 2.13. The van der Waals surface area contributed by atoms with E-state index in [1.54, 1.807) is 11.8 Å². The summed E-state index contributed by atoms with van der Waals surface area (Å²) < 4.78 is 0. The van der Waals surface area contributed by atoms with Gasteiger partial charge in [0.15, 0.2) is 0 Å². The van der Waals surface area contributed by atoms with E-state index in [9.17, 15) is 4.79 Å². The first kappa shape index (κ1) is 16.0. The lowest BCUT2D eigenvalue weighted by atomic mass is 10.1. The highest BCUT2D eigenvalue weighted by molar-refractivity contribution is 7.99. The minimum Gasteiger partial charge on any atom is -0.389 e. The van der Waals surface area contributed by atoms with Gasteiger partial charge in [-0.25, -0.2) is 0 Å². The smallest absolute Gasteiger partial charge is 0.230 e. The second kappa shape index (κ2) is 8.17. The first-order valence-corrected chi connectivity index (χ1v) is 7.78. The number of hydrogen-bond donors (Lipinski definition) is 2. The molecule has 1 rings (SSSR count). The van der Waals surface area contributed by atoms with E-state index < -0.39 is 0 Å². The fraction of sp³-hybridized carbons (Fsp3) is 0.429. The van der Waals surface area contributed by atoms with Crippen LogP contribution in [0.25, 0.3) is 0 Å². The van der Waals surface area contributed by atoms with Gasteiger partial charge in [0.05, 0.1) is 5.75 Å². The van der Waals surface area contributed by atoms with Gasteiger partial charge in [-0.2, -0.15) is 0 Å². The monoisotopic (exact) mass is 296 g/mol. The van der Waals surface area contributed by atoms with Crippen LogP contribution in [0.15, 0.2) is 24.3 Å². The molecule has 0 aliphatic heterocycles. The Kier molecular flexibility index (Phi) is 6.87. The summed E-state index contributed by atoms with van der Waals surface area (Å²) >= 11 is 6.53. The molecule has 0 aromatic heterocycles. The molecule has 0 spiro atoms. The Bertz CT molecular complexity index is 447. The third-order valence-electron chi connectivity index (χ3n) is 2.42. The van der Waals surface area contributed by atoms with Crippen molar-refractivity contribution >= 4 is 34.9 Å². The molecule has 5 heteroatoms. The summed E-state index contributed by atoms with van der Waals surface area (Å²) in [5, 5.41) is 2.90. The Hall–Kier alpha value is -1.07. The summed E-state index contributed by atoms with van der Waals surface area (Å²) in [6.45, 7) is 4.89. The van der Waals surface area contributed by atoms with Gasteiger partial charge in [0.1, 0.15) is 4.99 Å². The van der Waals surface area contributed by atoms with Crippen LogP contribution < -0.4 is 11.1 Å². The van der Waals surface area contributed by atoms with Crippen LogP contribution in [0.5, 0.6) is 0 Å². The maximum absolute atomic E-state index is 11.5. The van der Waals surface area contributed by atoms with E-state index in [-0.39, 0.29) is 5.91 Å². The van der Waals surface area contributed by atoms with Crippen LogP contribution in [0.4, 0.5) is 0 Å². The number of carbonyl (C=O) groups excluding carboxylic acids is 1. The minimum atomic E-state index is 0.0872. The predicted molar refractivity (Wildman–Crippen MR) is 86.3 cm³/mol. The molecule has 1 amide bonds. The topological polar surface area (TPSA) is 55.1 Å². The molecule has 1 aromatic carbocycles. The average Bonchev–Trinajstić information content (AvgIpc) is 2.36. The Morgan fingerprint density at radius 3 is 2.84 bits per heavy atom. The summed E-state index contributed by atoms with van der Waals surface area (Å²) in [6.07, 6.45) is 0. The highest BCUT2D eigenvalue weighted by atomic mass is 32.2. The number of benzene rings is 1. The SMILES string of the molecule is CC(C)CNC(=O)CSCc1cccc(C(N)=S)c1.